The normalized spacial score (nSPS) is 12.0. The maximum Gasteiger partial charge on any atom is 0.240 e. The van der Waals surface area contributed by atoms with Crippen LogP contribution in [0, 0.1) is 0 Å². The number of aromatic nitrogens is 1. The molecule has 0 spiro atoms. The smallest absolute Gasteiger partial charge is 0.240 e. The second-order valence-corrected chi connectivity index (χ2v) is 8.57. The van der Waals surface area contributed by atoms with Crippen LogP contribution in [0.15, 0.2) is 63.8 Å². The molecule has 0 atom stereocenters. The van der Waals surface area contributed by atoms with E-state index in [1.54, 1.807) is 12.1 Å². The number of nitrogens with one attached hydrogen (secondary N) is 1. The lowest BCUT2D eigenvalue weighted by Gasteiger charge is -2.10. The van der Waals surface area contributed by atoms with E-state index in [0.29, 0.717) is 17.1 Å². The largest absolute Gasteiger partial charge is 0.317 e. The average Bonchev–Trinajstić information content (AvgIpc) is 3.05. The second kappa shape index (κ2) is 9.16. The third-order valence-electron chi connectivity index (χ3n) is 3.89. The zero-order valence-corrected chi connectivity index (χ0v) is 18.8. The van der Waals surface area contributed by atoms with Gasteiger partial charge in [0.1, 0.15) is 0 Å². The summed E-state index contributed by atoms with van der Waals surface area (Å²) >= 11 is 7.86. The van der Waals surface area contributed by atoms with Crippen LogP contribution >= 0.6 is 39.9 Å². The molecule has 0 aliphatic rings. The molecule has 9 heteroatoms. The highest BCUT2D eigenvalue weighted by molar-refractivity contribution is 8.93. The van der Waals surface area contributed by atoms with Gasteiger partial charge in [0.25, 0.3) is 0 Å². The quantitative estimate of drug-likeness (QED) is 0.570. The first-order valence-corrected chi connectivity index (χ1v) is 10.7. The van der Waals surface area contributed by atoms with Crippen LogP contribution in [0.25, 0.3) is 11.3 Å². The molecule has 0 saturated heterocycles. The van der Waals surface area contributed by atoms with Gasteiger partial charge in [-0.25, -0.2) is 18.1 Å². The fourth-order valence-electron chi connectivity index (χ4n) is 2.54. The minimum absolute atomic E-state index is 0. The highest BCUT2D eigenvalue weighted by Gasteiger charge is 2.17. The van der Waals surface area contributed by atoms with Crippen molar-refractivity contribution in [3.63, 3.8) is 0 Å². The fourth-order valence-corrected chi connectivity index (χ4v) is 4.49. The van der Waals surface area contributed by atoms with E-state index in [4.69, 9.17) is 11.6 Å². The topological polar surface area (TPSA) is 63.5 Å². The van der Waals surface area contributed by atoms with Crippen LogP contribution in [0.5, 0.6) is 0 Å². The van der Waals surface area contributed by atoms with Crippen molar-refractivity contribution in [3.8, 4) is 11.3 Å². The predicted molar refractivity (Wildman–Crippen MR) is 117 cm³/mol. The highest BCUT2D eigenvalue weighted by Crippen LogP contribution is 2.31. The summed E-state index contributed by atoms with van der Waals surface area (Å²) in [7, 11) is -2.16. The summed E-state index contributed by atoms with van der Waals surface area (Å²) in [6.07, 6.45) is 0. The highest BCUT2D eigenvalue weighted by atomic mass is 79.9. The molecule has 1 N–H and O–H groups in total. The van der Waals surface area contributed by atoms with E-state index >= 15 is 0 Å². The summed E-state index contributed by atoms with van der Waals surface area (Å²) in [5.74, 6) is 0. The lowest BCUT2D eigenvalue weighted by Crippen LogP contribution is -2.19. The van der Waals surface area contributed by atoms with Gasteiger partial charge in [0.2, 0.25) is 10.0 Å². The van der Waals surface area contributed by atoms with Crippen molar-refractivity contribution in [2.75, 3.05) is 7.05 Å². The SMILES string of the molecule is Br.CCn1c(-c2cc(S(=O)(=O)NC)ccc2Cl)csc1=Nc1ccccc1. The summed E-state index contributed by atoms with van der Waals surface area (Å²) in [4.78, 5) is 5.68. The molecule has 27 heavy (non-hydrogen) atoms. The Kier molecular flexibility index (Phi) is 7.41. The lowest BCUT2D eigenvalue weighted by molar-refractivity contribution is 0.588. The second-order valence-electron chi connectivity index (χ2n) is 5.44. The molecule has 1 heterocycles. The summed E-state index contributed by atoms with van der Waals surface area (Å²) in [6, 6.07) is 14.4. The van der Waals surface area contributed by atoms with Gasteiger partial charge in [-0.15, -0.1) is 28.3 Å². The molecule has 0 amide bonds. The van der Waals surface area contributed by atoms with E-state index < -0.39 is 10.0 Å². The van der Waals surface area contributed by atoms with E-state index in [0.717, 1.165) is 16.2 Å². The van der Waals surface area contributed by atoms with Gasteiger partial charge in [-0.05, 0) is 44.3 Å². The van der Waals surface area contributed by atoms with Gasteiger partial charge in [-0.2, -0.15) is 0 Å². The van der Waals surface area contributed by atoms with Crippen molar-refractivity contribution in [2.45, 2.75) is 18.4 Å². The van der Waals surface area contributed by atoms with Crippen LogP contribution in [0.4, 0.5) is 5.69 Å². The van der Waals surface area contributed by atoms with Gasteiger partial charge < -0.3 is 4.57 Å². The molecule has 0 radical (unpaired) electrons. The van der Waals surface area contributed by atoms with Crippen molar-refractivity contribution in [1.29, 1.82) is 0 Å². The van der Waals surface area contributed by atoms with Crippen molar-refractivity contribution in [1.82, 2.24) is 9.29 Å². The molecule has 3 rings (SSSR count). The first-order chi connectivity index (χ1) is 12.5. The van der Waals surface area contributed by atoms with Crippen LogP contribution < -0.4 is 9.52 Å². The number of para-hydroxylation sites is 1. The van der Waals surface area contributed by atoms with E-state index in [-0.39, 0.29) is 21.9 Å². The third kappa shape index (κ3) is 4.70. The summed E-state index contributed by atoms with van der Waals surface area (Å²) < 4.78 is 28.6. The van der Waals surface area contributed by atoms with E-state index in [1.807, 2.05) is 47.2 Å². The van der Waals surface area contributed by atoms with Crippen molar-refractivity contribution in [2.24, 2.45) is 4.99 Å². The standard InChI is InChI=1S/C18H18ClN3O2S2.BrH/c1-3-22-17(12-25-18(22)21-13-7-5-4-6-8-13)15-11-14(9-10-16(15)19)26(23,24)20-2;/h4-12,20H,3H2,1-2H3;1H. The molecule has 0 bridgehead atoms. The molecule has 3 aromatic rings. The number of nitrogens with zero attached hydrogens (tertiary/aromatic N) is 2. The summed E-state index contributed by atoms with van der Waals surface area (Å²) in [5, 5.41) is 2.44. The first-order valence-electron chi connectivity index (χ1n) is 7.98. The molecule has 0 fully saturated rings. The molecule has 144 valence electrons. The number of benzene rings is 2. The Morgan fingerprint density at radius 2 is 1.89 bits per heavy atom. The lowest BCUT2D eigenvalue weighted by atomic mass is 10.1. The first kappa shape index (κ1) is 21.8. The molecule has 0 saturated carbocycles. The molecule has 2 aromatic carbocycles. The number of rotatable bonds is 5. The van der Waals surface area contributed by atoms with Gasteiger partial charge in [0.15, 0.2) is 4.80 Å². The van der Waals surface area contributed by atoms with Crippen molar-refractivity contribution < 1.29 is 8.42 Å². The Morgan fingerprint density at radius 3 is 2.52 bits per heavy atom. The van der Waals surface area contributed by atoms with E-state index in [1.165, 1.54) is 24.5 Å². The Bertz CT molecular complexity index is 1090. The van der Waals surface area contributed by atoms with Crippen molar-refractivity contribution in [3.05, 3.63) is 63.7 Å². The maximum atomic E-state index is 12.1. The Hall–Kier alpha value is -1.45. The van der Waals surface area contributed by atoms with Crippen molar-refractivity contribution >= 4 is 55.6 Å². The van der Waals surface area contributed by atoms with Crippen LogP contribution in [-0.2, 0) is 16.6 Å². The minimum atomic E-state index is -3.54. The number of sulfonamides is 1. The molecular weight excluding hydrogens is 470 g/mol. The van der Waals surface area contributed by atoms with Gasteiger partial charge in [-0.1, -0.05) is 29.8 Å². The van der Waals surface area contributed by atoms with Crippen LogP contribution in [0.3, 0.4) is 0 Å². The summed E-state index contributed by atoms with van der Waals surface area (Å²) in [5.41, 5.74) is 2.36. The van der Waals surface area contributed by atoms with E-state index in [2.05, 4.69) is 9.71 Å². The van der Waals surface area contributed by atoms with E-state index in [9.17, 15) is 8.42 Å². The monoisotopic (exact) mass is 487 g/mol. The maximum absolute atomic E-state index is 12.1. The van der Waals surface area contributed by atoms with Gasteiger partial charge >= 0.3 is 0 Å². The zero-order chi connectivity index (χ0) is 18.7. The third-order valence-corrected chi connectivity index (χ3v) is 6.49. The number of hydrogen-bond donors (Lipinski definition) is 1. The predicted octanol–water partition coefficient (Wildman–Crippen LogP) is 4.61. The molecule has 0 aliphatic carbocycles. The Labute approximate surface area is 178 Å². The number of thiazole rings is 1. The number of hydrogen-bond acceptors (Lipinski definition) is 4. The Balaban J connectivity index is 0.00000261. The van der Waals surface area contributed by atoms with Crippen LogP contribution in [0.1, 0.15) is 6.92 Å². The molecule has 0 unspecified atom stereocenters. The molecular formula is C18H19BrClN3O2S2. The Morgan fingerprint density at radius 1 is 1.19 bits per heavy atom. The number of halogens is 2. The van der Waals surface area contributed by atoms with Crippen LogP contribution in [0.2, 0.25) is 5.02 Å². The van der Waals surface area contributed by atoms with Gasteiger partial charge in [0.05, 0.1) is 21.3 Å². The average molecular weight is 489 g/mol. The van der Waals surface area contributed by atoms with Gasteiger partial charge in [0, 0.05) is 17.5 Å². The van der Waals surface area contributed by atoms with Gasteiger partial charge in [-0.3, -0.25) is 0 Å². The molecule has 1 aromatic heterocycles. The zero-order valence-electron chi connectivity index (χ0n) is 14.7. The molecule has 5 nitrogen and oxygen atoms in total. The van der Waals surface area contributed by atoms with Crippen LogP contribution in [-0.4, -0.2) is 20.0 Å². The molecule has 0 aliphatic heterocycles. The fraction of sp³-hybridized carbons (Fsp3) is 0.167. The summed E-state index contributed by atoms with van der Waals surface area (Å²) in [6.45, 7) is 2.70. The minimum Gasteiger partial charge on any atom is -0.317 e.